The minimum atomic E-state index is -1.05. The first-order valence-corrected chi connectivity index (χ1v) is 36.5. The molecule has 0 saturated carbocycles. The van der Waals surface area contributed by atoms with E-state index in [0.29, 0.717) is 98.9 Å². The van der Waals surface area contributed by atoms with Gasteiger partial charge in [-0.25, -0.2) is 0 Å². The molecule has 9 N–H and O–H groups in total. The molecule has 29 heteroatoms. The molecule has 0 spiro atoms. The van der Waals surface area contributed by atoms with Crippen molar-refractivity contribution in [2.45, 2.75) is 70.1 Å². The van der Waals surface area contributed by atoms with Crippen LogP contribution in [0.3, 0.4) is 0 Å². The van der Waals surface area contributed by atoms with Crippen molar-refractivity contribution >= 4 is 70.9 Å². The standard InChI is InChI=1S/C22H22N4O3.C16H20N2O4.C15H18N2O4.C9H9NO3.C8H9NO.C7H13NO2.C4H8O/c27-19(15-23-21(28)17-9-5-2-6-10-17)26-13-11-18(12-14-26)22-24-20(25-29-22)16-7-3-1-4-8-16;1-22-16(21)13-7-9-18(10-8-13)14(19)11-17-15(20)12-5-3-2-4-6-12;18-13(17-8-6-12(7-9-17)15(20)21)10-16-14(19)11-4-2-1-3-5-11;11-8(12)6-10-9(13)7-4-2-1-3-5-7;9-8(6-10)7-4-2-1-3-5-7;1-10-7(9)6-2-4-8-5-3-6;1-2-4-5-3-1/h1-10,18H,11-15H2,(H,23,28);2-6,13H,7-11H2,1H3,(H,17,20);1-5,12H,6-10H2,(H,16,19)(H,20,21);1-5H,6H2,(H,10,13)(H,11,12);1-5,9-10H,6H2;6,8H,2-5H2,1H3;1-4H2. The molecule has 6 aromatic carbocycles. The van der Waals surface area contributed by atoms with Crippen LogP contribution in [0.25, 0.3) is 11.4 Å². The smallest absolute Gasteiger partial charge is 0.322 e. The van der Waals surface area contributed by atoms with Crippen molar-refractivity contribution in [3.05, 3.63) is 216 Å². The number of aliphatic hydroxyl groups is 1. The minimum Gasteiger partial charge on any atom is -0.481 e. The number of carbonyl (C=O) groups is 11. The Labute approximate surface area is 639 Å². The van der Waals surface area contributed by atoms with Gasteiger partial charge in [0.2, 0.25) is 29.4 Å². The van der Waals surface area contributed by atoms with E-state index in [-0.39, 0.29) is 115 Å². The van der Waals surface area contributed by atoms with Crippen molar-refractivity contribution in [1.29, 1.82) is 5.41 Å². The van der Waals surface area contributed by atoms with Gasteiger partial charge in [0, 0.05) is 86.2 Å². The van der Waals surface area contributed by atoms with Gasteiger partial charge in [-0.1, -0.05) is 139 Å². The maximum Gasteiger partial charge on any atom is 0.322 e. The minimum absolute atomic E-state index is 0.00287. The third kappa shape index (κ3) is 31.6. The van der Waals surface area contributed by atoms with Crippen LogP contribution in [0.1, 0.15) is 123 Å². The van der Waals surface area contributed by atoms with Crippen molar-refractivity contribution in [2.24, 2.45) is 17.8 Å². The molecule has 110 heavy (non-hydrogen) atoms. The second-order valence-electron chi connectivity index (χ2n) is 25.6. The zero-order valence-electron chi connectivity index (χ0n) is 62.0. The first kappa shape index (κ1) is 87.1. The summed E-state index contributed by atoms with van der Waals surface area (Å²) in [5.74, 6) is -2.70. The van der Waals surface area contributed by atoms with Gasteiger partial charge in [-0.2, -0.15) is 4.98 Å². The highest BCUT2D eigenvalue weighted by Crippen LogP contribution is 2.29. The van der Waals surface area contributed by atoms with Crippen LogP contribution in [0, 0.1) is 23.2 Å². The fourth-order valence-corrected chi connectivity index (χ4v) is 11.6. The van der Waals surface area contributed by atoms with Gasteiger partial charge >= 0.3 is 23.9 Å². The molecule has 12 rings (SSSR count). The predicted octanol–water partition coefficient (Wildman–Crippen LogP) is 6.94. The maximum absolute atomic E-state index is 12.4. The van der Waals surface area contributed by atoms with E-state index < -0.39 is 11.9 Å². The Morgan fingerprint density at radius 1 is 0.455 bits per heavy atom. The second-order valence-corrected chi connectivity index (χ2v) is 25.6. The lowest BCUT2D eigenvalue weighted by Crippen LogP contribution is -2.45. The Bertz CT molecular complexity index is 3970. The van der Waals surface area contributed by atoms with Gasteiger partial charge in [-0.3, -0.25) is 52.7 Å². The van der Waals surface area contributed by atoms with Crippen LogP contribution < -0.4 is 26.6 Å². The Hall–Kier alpha value is -11.8. The normalized spacial score (nSPS) is 14.7. The van der Waals surface area contributed by atoms with E-state index in [1.54, 1.807) is 130 Å². The quantitative estimate of drug-likeness (QED) is 0.0292. The molecule has 0 aliphatic carbocycles. The number of carboxylic acids is 2. The zero-order valence-corrected chi connectivity index (χ0v) is 62.0. The molecule has 5 aliphatic rings. The van der Waals surface area contributed by atoms with E-state index in [9.17, 15) is 52.7 Å². The summed E-state index contributed by atoms with van der Waals surface area (Å²) in [6.45, 7) is 6.34. The Kier molecular flexibility index (Phi) is 39.0. The summed E-state index contributed by atoms with van der Waals surface area (Å²) < 4.78 is 19.7. The second kappa shape index (κ2) is 49.2. The molecule has 29 nitrogen and oxygen atoms in total. The fraction of sp³-hybridized carbons (Fsp3) is 0.383. The van der Waals surface area contributed by atoms with E-state index in [2.05, 4.69) is 41.5 Å². The number of hydrogen-bond acceptors (Lipinski definition) is 20. The summed E-state index contributed by atoms with van der Waals surface area (Å²) in [4.78, 5) is 136. The number of amides is 7. The van der Waals surface area contributed by atoms with Gasteiger partial charge in [0.05, 0.1) is 63.9 Å². The Morgan fingerprint density at radius 3 is 1.11 bits per heavy atom. The molecule has 0 unspecified atom stereocenters. The van der Waals surface area contributed by atoms with Gasteiger partial charge in [0.1, 0.15) is 6.54 Å². The number of ether oxygens (including phenoxy) is 3. The monoisotopic (exact) mass is 1510 g/mol. The number of methoxy groups -OCH3 is 2. The number of nitrogens with one attached hydrogen (secondary N) is 6. The van der Waals surface area contributed by atoms with Gasteiger partial charge in [0.15, 0.2) is 0 Å². The third-order valence-corrected chi connectivity index (χ3v) is 18.0. The molecule has 7 aromatic rings. The first-order valence-electron chi connectivity index (χ1n) is 36.5. The largest absolute Gasteiger partial charge is 0.481 e. The number of nitrogens with zero attached hydrogens (tertiary/aromatic N) is 5. The average Bonchev–Trinajstić information content (AvgIpc) is 1.72. The number of benzene rings is 6. The molecule has 586 valence electrons. The number of aliphatic hydroxyl groups excluding tert-OH is 1. The number of likely N-dealkylation sites (tertiary alicyclic amines) is 3. The summed E-state index contributed by atoms with van der Waals surface area (Å²) in [6, 6.07) is 53.7. The highest BCUT2D eigenvalue weighted by molar-refractivity contribution is 6.00. The molecule has 1 aromatic heterocycles. The van der Waals surface area contributed by atoms with Crippen molar-refractivity contribution in [2.75, 3.05) is 113 Å². The van der Waals surface area contributed by atoms with E-state index >= 15 is 0 Å². The van der Waals surface area contributed by atoms with Crippen LogP contribution in [0.2, 0.25) is 0 Å². The van der Waals surface area contributed by atoms with E-state index in [0.717, 1.165) is 63.1 Å². The van der Waals surface area contributed by atoms with E-state index in [1.807, 2.05) is 66.7 Å². The maximum atomic E-state index is 12.4. The summed E-state index contributed by atoms with van der Waals surface area (Å²) in [6.07, 6.45) is 8.06. The van der Waals surface area contributed by atoms with Crippen LogP contribution in [-0.4, -0.2) is 224 Å². The van der Waals surface area contributed by atoms with Crippen LogP contribution in [-0.2, 0) is 47.8 Å². The van der Waals surface area contributed by atoms with Crippen LogP contribution in [0.5, 0.6) is 0 Å². The topological polar surface area (TPSA) is 409 Å². The highest BCUT2D eigenvalue weighted by Gasteiger charge is 2.31. The number of piperidine rings is 4. The summed E-state index contributed by atoms with van der Waals surface area (Å²) in [5.41, 5.74) is 4.01. The summed E-state index contributed by atoms with van der Waals surface area (Å²) in [7, 11) is 2.82. The number of hydrogen-bond donors (Lipinski definition) is 9. The van der Waals surface area contributed by atoms with Crippen molar-refractivity contribution in [3.8, 4) is 11.4 Å². The van der Waals surface area contributed by atoms with Crippen molar-refractivity contribution in [1.82, 2.24) is 51.4 Å². The zero-order chi connectivity index (χ0) is 79.3. The third-order valence-electron chi connectivity index (χ3n) is 18.0. The number of esters is 2. The first-order chi connectivity index (χ1) is 53.3. The molecule has 0 atom stereocenters. The number of aromatic nitrogens is 2. The SMILES string of the molecule is C1CCOC1.COC(=O)C1CCN(C(=O)CNC(=O)c2ccccc2)CC1.COC(=O)C1CCNCC1.N=C(CO)c1ccccc1.O=C(NCC(=O)N1CCC(C(=O)O)CC1)c1ccccc1.O=C(NCC(=O)N1CCC(c2nc(-c3ccccc3)no2)CC1)c1ccccc1.O=C(O)CNC(=O)c1ccccc1. The number of aliphatic carboxylic acids is 2. The van der Waals surface area contributed by atoms with Crippen molar-refractivity contribution < 1.29 is 86.8 Å². The molecular weight excluding hydrogens is 1410 g/mol. The Morgan fingerprint density at radius 2 is 0.782 bits per heavy atom. The lowest BCUT2D eigenvalue weighted by Gasteiger charge is -2.30. The summed E-state index contributed by atoms with van der Waals surface area (Å²) in [5, 5.41) is 50.4. The molecule has 7 amide bonds. The summed E-state index contributed by atoms with van der Waals surface area (Å²) >= 11 is 0. The highest BCUT2D eigenvalue weighted by atomic mass is 16.5. The molecule has 0 bridgehead atoms. The average molecular weight is 1510 g/mol. The van der Waals surface area contributed by atoms with Gasteiger partial charge in [0.25, 0.3) is 23.6 Å². The van der Waals surface area contributed by atoms with Gasteiger partial charge in [-0.05, 0) is 131 Å². The van der Waals surface area contributed by atoms with E-state index in [4.69, 9.17) is 34.7 Å². The predicted molar refractivity (Wildman–Crippen MR) is 407 cm³/mol. The Balaban J connectivity index is 0.000000211. The number of rotatable bonds is 19. The molecule has 5 aliphatic heterocycles. The van der Waals surface area contributed by atoms with Crippen LogP contribution >= 0.6 is 0 Å². The van der Waals surface area contributed by atoms with Crippen LogP contribution in [0.15, 0.2) is 187 Å². The molecular formula is C81H99N11O18. The molecule has 6 heterocycles. The molecule has 5 saturated heterocycles. The molecule has 5 fully saturated rings. The van der Waals surface area contributed by atoms with Gasteiger partial charge < -0.3 is 80.7 Å². The van der Waals surface area contributed by atoms with Gasteiger partial charge in [-0.15, -0.1) is 0 Å². The fourth-order valence-electron chi connectivity index (χ4n) is 11.6. The lowest BCUT2D eigenvalue weighted by molar-refractivity contribution is -0.148. The number of carbonyl (C=O) groups excluding carboxylic acids is 9. The van der Waals surface area contributed by atoms with Crippen LogP contribution in [0.4, 0.5) is 0 Å². The lowest BCUT2D eigenvalue weighted by atomic mass is 9.96. The van der Waals surface area contributed by atoms with E-state index in [1.165, 1.54) is 27.1 Å². The molecule has 0 radical (unpaired) electrons. The van der Waals surface area contributed by atoms with Crippen molar-refractivity contribution in [3.63, 3.8) is 0 Å². The number of carboxylic acid groups (broad SMARTS) is 2.